The van der Waals surface area contributed by atoms with Crippen molar-refractivity contribution in [2.45, 2.75) is 6.04 Å². The van der Waals surface area contributed by atoms with Crippen LogP contribution in [-0.2, 0) is 0 Å². The fourth-order valence-electron chi connectivity index (χ4n) is 1.38. The summed E-state index contributed by atoms with van der Waals surface area (Å²) in [5.74, 6) is 0. The molecule has 0 saturated carbocycles. The quantitative estimate of drug-likeness (QED) is 0.816. The maximum Gasteiger partial charge on any atom is 0.0706 e. The second-order valence-corrected chi connectivity index (χ2v) is 3.22. The molecule has 0 radical (unpaired) electrons. The minimum atomic E-state index is -0.389. The number of aliphatic hydroxyl groups excluding tert-OH is 1. The number of pyridine rings is 1. The number of nitrogens with two attached hydrogens (primary N) is 1. The number of benzene rings is 1. The molecule has 15 heavy (non-hydrogen) atoms. The molecule has 0 fully saturated rings. The summed E-state index contributed by atoms with van der Waals surface area (Å²) in [7, 11) is 0. The SMILES string of the molecule is Cl.N[C@H](CO)c1ccc2ccccc2n1. The highest BCUT2D eigenvalue weighted by Gasteiger charge is 2.05. The van der Waals surface area contributed by atoms with Crippen LogP contribution in [0.15, 0.2) is 36.4 Å². The van der Waals surface area contributed by atoms with E-state index >= 15 is 0 Å². The van der Waals surface area contributed by atoms with Crippen LogP contribution in [0.3, 0.4) is 0 Å². The Morgan fingerprint density at radius 2 is 1.93 bits per heavy atom. The van der Waals surface area contributed by atoms with Crippen molar-refractivity contribution in [3.63, 3.8) is 0 Å². The molecule has 0 bridgehead atoms. The molecule has 2 aromatic rings. The zero-order chi connectivity index (χ0) is 9.97. The first-order valence-corrected chi connectivity index (χ1v) is 4.53. The molecule has 0 amide bonds. The van der Waals surface area contributed by atoms with Crippen molar-refractivity contribution in [2.24, 2.45) is 5.73 Å². The summed E-state index contributed by atoms with van der Waals surface area (Å²) in [5, 5.41) is 9.98. The van der Waals surface area contributed by atoms with E-state index < -0.39 is 0 Å². The Labute approximate surface area is 94.3 Å². The van der Waals surface area contributed by atoms with Crippen LogP contribution in [0.2, 0.25) is 0 Å². The van der Waals surface area contributed by atoms with Gasteiger partial charge < -0.3 is 10.8 Å². The van der Waals surface area contributed by atoms with E-state index in [1.54, 1.807) is 0 Å². The third-order valence-electron chi connectivity index (χ3n) is 2.20. The standard InChI is InChI=1S/C11H12N2O.ClH/c12-9(7-14)11-6-5-8-3-1-2-4-10(8)13-11;/h1-6,9,14H,7,12H2;1H/t9-;/m1./s1. The average Bonchev–Trinajstić information content (AvgIpc) is 2.27. The molecule has 0 unspecified atom stereocenters. The summed E-state index contributed by atoms with van der Waals surface area (Å²) in [4.78, 5) is 4.36. The van der Waals surface area contributed by atoms with Gasteiger partial charge in [-0.3, -0.25) is 4.98 Å². The second kappa shape index (κ2) is 5.07. The van der Waals surface area contributed by atoms with E-state index in [4.69, 9.17) is 10.8 Å². The molecule has 0 saturated heterocycles. The van der Waals surface area contributed by atoms with Gasteiger partial charge in [0.15, 0.2) is 0 Å². The summed E-state index contributed by atoms with van der Waals surface area (Å²) in [5.41, 5.74) is 7.31. The monoisotopic (exact) mass is 224 g/mol. The molecular weight excluding hydrogens is 212 g/mol. The normalized spacial score (nSPS) is 12.1. The van der Waals surface area contributed by atoms with Crippen LogP contribution in [0.4, 0.5) is 0 Å². The topological polar surface area (TPSA) is 59.1 Å². The van der Waals surface area contributed by atoms with Crippen LogP contribution in [0, 0.1) is 0 Å². The van der Waals surface area contributed by atoms with Gasteiger partial charge in [0.05, 0.1) is 23.9 Å². The van der Waals surface area contributed by atoms with E-state index in [0.717, 1.165) is 16.6 Å². The van der Waals surface area contributed by atoms with Crippen molar-refractivity contribution < 1.29 is 5.11 Å². The Morgan fingerprint density at radius 1 is 1.20 bits per heavy atom. The highest BCUT2D eigenvalue weighted by Crippen LogP contribution is 2.14. The van der Waals surface area contributed by atoms with Crippen LogP contribution in [0.25, 0.3) is 10.9 Å². The number of para-hydroxylation sites is 1. The maximum absolute atomic E-state index is 8.90. The lowest BCUT2D eigenvalue weighted by atomic mass is 10.1. The number of hydrogen-bond acceptors (Lipinski definition) is 3. The molecular formula is C11H13ClN2O. The highest BCUT2D eigenvalue weighted by atomic mass is 35.5. The zero-order valence-corrected chi connectivity index (χ0v) is 8.95. The Bertz CT molecular complexity index is 447. The molecule has 4 heteroatoms. The van der Waals surface area contributed by atoms with Crippen molar-refractivity contribution in [3.05, 3.63) is 42.1 Å². The van der Waals surface area contributed by atoms with Gasteiger partial charge in [0, 0.05) is 5.39 Å². The van der Waals surface area contributed by atoms with Crippen LogP contribution >= 0.6 is 12.4 Å². The highest BCUT2D eigenvalue weighted by molar-refractivity contribution is 5.85. The van der Waals surface area contributed by atoms with Gasteiger partial charge in [-0.25, -0.2) is 0 Å². The number of fused-ring (bicyclic) bond motifs is 1. The first kappa shape index (κ1) is 11.9. The van der Waals surface area contributed by atoms with Gasteiger partial charge in [0.25, 0.3) is 0 Å². The molecule has 0 aliphatic heterocycles. The average molecular weight is 225 g/mol. The van der Waals surface area contributed by atoms with Crippen molar-refractivity contribution in [1.29, 1.82) is 0 Å². The van der Waals surface area contributed by atoms with Crippen molar-refractivity contribution >= 4 is 23.3 Å². The molecule has 80 valence electrons. The fourth-order valence-corrected chi connectivity index (χ4v) is 1.38. The summed E-state index contributed by atoms with van der Waals surface area (Å²) >= 11 is 0. The van der Waals surface area contributed by atoms with Gasteiger partial charge in [-0.05, 0) is 12.1 Å². The first-order chi connectivity index (χ1) is 6.81. The summed E-state index contributed by atoms with van der Waals surface area (Å²) in [6, 6.07) is 11.3. The maximum atomic E-state index is 8.90. The van der Waals surface area contributed by atoms with E-state index in [1.165, 1.54) is 0 Å². The molecule has 3 N–H and O–H groups in total. The Balaban J connectivity index is 0.00000112. The van der Waals surface area contributed by atoms with E-state index in [1.807, 2.05) is 36.4 Å². The summed E-state index contributed by atoms with van der Waals surface area (Å²) in [6.45, 7) is -0.0780. The largest absolute Gasteiger partial charge is 0.394 e. The van der Waals surface area contributed by atoms with E-state index in [0.29, 0.717) is 0 Å². The second-order valence-electron chi connectivity index (χ2n) is 3.22. The van der Waals surface area contributed by atoms with E-state index in [9.17, 15) is 0 Å². The van der Waals surface area contributed by atoms with E-state index in [2.05, 4.69) is 4.98 Å². The molecule has 0 aliphatic rings. The molecule has 0 spiro atoms. The van der Waals surface area contributed by atoms with Crippen molar-refractivity contribution in [3.8, 4) is 0 Å². The molecule has 1 aromatic carbocycles. The molecule has 1 aromatic heterocycles. The smallest absolute Gasteiger partial charge is 0.0706 e. The van der Waals surface area contributed by atoms with Crippen LogP contribution < -0.4 is 5.73 Å². The van der Waals surface area contributed by atoms with Crippen molar-refractivity contribution in [1.82, 2.24) is 4.98 Å². The minimum Gasteiger partial charge on any atom is -0.394 e. The van der Waals surface area contributed by atoms with Gasteiger partial charge in [0.1, 0.15) is 0 Å². The Kier molecular flexibility index (Phi) is 4.03. The molecule has 2 rings (SSSR count). The van der Waals surface area contributed by atoms with Crippen LogP contribution in [-0.4, -0.2) is 16.7 Å². The number of hydrogen-bond donors (Lipinski definition) is 2. The van der Waals surface area contributed by atoms with Gasteiger partial charge >= 0.3 is 0 Å². The van der Waals surface area contributed by atoms with Gasteiger partial charge in [-0.2, -0.15) is 0 Å². The lowest BCUT2D eigenvalue weighted by Gasteiger charge is -2.07. The van der Waals surface area contributed by atoms with E-state index in [-0.39, 0.29) is 25.1 Å². The van der Waals surface area contributed by atoms with Crippen LogP contribution in [0.5, 0.6) is 0 Å². The number of nitrogens with zero attached hydrogens (tertiary/aromatic N) is 1. The number of halogens is 1. The van der Waals surface area contributed by atoms with Gasteiger partial charge in [0.2, 0.25) is 0 Å². The molecule has 3 nitrogen and oxygen atoms in total. The predicted molar refractivity (Wildman–Crippen MR) is 63.0 cm³/mol. The Morgan fingerprint density at radius 3 is 2.67 bits per heavy atom. The number of rotatable bonds is 2. The minimum absolute atomic E-state index is 0. The molecule has 0 aliphatic carbocycles. The number of aliphatic hydroxyl groups is 1. The van der Waals surface area contributed by atoms with Crippen molar-refractivity contribution in [2.75, 3.05) is 6.61 Å². The van der Waals surface area contributed by atoms with Gasteiger partial charge in [-0.1, -0.05) is 24.3 Å². The molecule has 1 atom stereocenters. The lowest BCUT2D eigenvalue weighted by molar-refractivity contribution is 0.266. The van der Waals surface area contributed by atoms with Gasteiger partial charge in [-0.15, -0.1) is 12.4 Å². The fraction of sp³-hybridized carbons (Fsp3) is 0.182. The third-order valence-corrected chi connectivity index (χ3v) is 2.20. The Hall–Kier alpha value is -1.16. The first-order valence-electron chi connectivity index (χ1n) is 4.53. The number of aromatic nitrogens is 1. The summed E-state index contributed by atoms with van der Waals surface area (Å²) in [6.07, 6.45) is 0. The lowest BCUT2D eigenvalue weighted by Crippen LogP contribution is -2.15. The summed E-state index contributed by atoms with van der Waals surface area (Å²) < 4.78 is 0. The third kappa shape index (κ3) is 2.45. The predicted octanol–water partition coefficient (Wildman–Crippen LogP) is 1.65. The zero-order valence-electron chi connectivity index (χ0n) is 8.13. The molecule has 1 heterocycles. The van der Waals surface area contributed by atoms with Crippen LogP contribution in [0.1, 0.15) is 11.7 Å².